The van der Waals surface area contributed by atoms with Gasteiger partial charge in [-0.25, -0.2) is 0 Å². The number of hydrogen-bond donors (Lipinski definition) is 0. The van der Waals surface area contributed by atoms with E-state index in [4.69, 9.17) is 4.43 Å². The molecule has 0 bridgehead atoms. The Morgan fingerprint density at radius 1 is 1.39 bits per heavy atom. The van der Waals surface area contributed by atoms with Crippen molar-refractivity contribution in [3.05, 3.63) is 19.3 Å². The number of rotatable bonds is 6. The van der Waals surface area contributed by atoms with E-state index in [-0.39, 0.29) is 0 Å². The van der Waals surface area contributed by atoms with Gasteiger partial charge < -0.3 is 0 Å². The fourth-order valence-electron chi connectivity index (χ4n) is 1.71. The molecule has 0 saturated heterocycles. The second-order valence-electron chi connectivity index (χ2n) is 6.56. The number of carbonyl (C=O) groups is 1. The van der Waals surface area contributed by atoms with E-state index in [0.717, 1.165) is 24.9 Å². The molecule has 0 N–H and O–H groups in total. The summed E-state index contributed by atoms with van der Waals surface area (Å²) in [5, 5.41) is 0.300. The molecular formula is C14H25InO2Si. The van der Waals surface area contributed by atoms with Crippen LogP contribution in [0.1, 0.15) is 27.2 Å². The van der Waals surface area contributed by atoms with Gasteiger partial charge in [0.15, 0.2) is 0 Å². The minimum absolute atomic E-state index is 0.300. The Morgan fingerprint density at radius 2 is 2.06 bits per heavy atom. The summed E-state index contributed by atoms with van der Waals surface area (Å²) in [6, 6.07) is 0. The van der Waals surface area contributed by atoms with Crippen LogP contribution in [0.2, 0.25) is 22.3 Å². The van der Waals surface area contributed by atoms with E-state index in [2.05, 4.69) is 41.5 Å². The van der Waals surface area contributed by atoms with Gasteiger partial charge in [0.25, 0.3) is 0 Å². The minimum atomic E-state index is -1.61. The molecule has 1 heterocycles. The molecule has 1 aliphatic rings. The normalized spacial score (nSPS) is 16.1. The molecule has 0 aromatic heterocycles. The average Bonchev–Trinajstić information content (AvgIpc) is 2.70. The topological polar surface area (TPSA) is 26.3 Å². The Balaban J connectivity index is 2.26. The van der Waals surface area contributed by atoms with Crippen molar-refractivity contribution in [3.8, 4) is 0 Å². The zero-order valence-electron chi connectivity index (χ0n) is 12.3. The summed E-state index contributed by atoms with van der Waals surface area (Å²) in [5.41, 5.74) is 0.904. The second kappa shape index (κ2) is 6.57. The SMILES string of the molecule is CC(C)(C)[Si](C)(C)OCC[CH2][In]1[CH]=CC(C=O)=[CH]1. The Kier molecular flexibility index (Phi) is 5.94. The third-order valence-electron chi connectivity index (χ3n) is 4.03. The summed E-state index contributed by atoms with van der Waals surface area (Å²) in [6.07, 6.45) is 4.13. The molecule has 0 aromatic rings. The van der Waals surface area contributed by atoms with Crippen LogP contribution in [0.3, 0.4) is 0 Å². The number of aldehydes is 1. The van der Waals surface area contributed by atoms with Crippen molar-refractivity contribution in [2.24, 2.45) is 0 Å². The quantitative estimate of drug-likeness (QED) is 0.406. The molecule has 4 heteroatoms. The summed E-state index contributed by atoms with van der Waals surface area (Å²) in [7, 11) is -1.57. The second-order valence-corrected chi connectivity index (χ2v) is 18.9. The van der Waals surface area contributed by atoms with Crippen molar-refractivity contribution in [1.29, 1.82) is 0 Å². The van der Waals surface area contributed by atoms with E-state index in [1.54, 1.807) is 0 Å². The summed E-state index contributed by atoms with van der Waals surface area (Å²) in [6.45, 7) is 12.3. The van der Waals surface area contributed by atoms with Crippen LogP contribution in [0.4, 0.5) is 0 Å². The van der Waals surface area contributed by atoms with E-state index < -0.39 is 29.8 Å². The van der Waals surface area contributed by atoms with Gasteiger partial charge in [0.2, 0.25) is 0 Å². The summed E-state index contributed by atoms with van der Waals surface area (Å²) >= 11 is -1.61. The first-order chi connectivity index (χ1) is 8.26. The number of hydrogen-bond acceptors (Lipinski definition) is 2. The van der Waals surface area contributed by atoms with Gasteiger partial charge >= 0.3 is 121 Å². The maximum absolute atomic E-state index is 10.6. The van der Waals surface area contributed by atoms with Crippen molar-refractivity contribution < 1.29 is 9.22 Å². The monoisotopic (exact) mass is 368 g/mol. The molecule has 1 aliphatic heterocycles. The Hall–Kier alpha value is 0.197. The van der Waals surface area contributed by atoms with E-state index in [0.29, 0.717) is 5.04 Å². The molecule has 0 aliphatic carbocycles. The Bertz CT molecular complexity index is 353. The van der Waals surface area contributed by atoms with Crippen LogP contribution in [0.15, 0.2) is 19.3 Å². The van der Waals surface area contributed by atoms with Crippen LogP contribution in [0.25, 0.3) is 0 Å². The van der Waals surface area contributed by atoms with Crippen molar-refractivity contribution in [2.45, 2.75) is 49.5 Å². The van der Waals surface area contributed by atoms with Gasteiger partial charge in [-0.15, -0.1) is 0 Å². The zero-order chi connectivity index (χ0) is 13.8. The summed E-state index contributed by atoms with van der Waals surface area (Å²) < 4.78 is 12.0. The predicted molar refractivity (Wildman–Crippen MR) is 81.6 cm³/mol. The molecule has 0 radical (unpaired) electrons. The predicted octanol–water partition coefficient (Wildman–Crippen LogP) is 3.67. The Morgan fingerprint density at radius 3 is 2.56 bits per heavy atom. The third-order valence-corrected chi connectivity index (χ3v) is 15.9. The molecule has 0 atom stereocenters. The fourth-order valence-corrected chi connectivity index (χ4v) is 9.26. The first-order valence-electron chi connectivity index (χ1n) is 6.75. The van der Waals surface area contributed by atoms with Gasteiger partial charge in [-0.05, 0) is 0 Å². The van der Waals surface area contributed by atoms with E-state index in [1.807, 2.05) is 6.08 Å². The first-order valence-corrected chi connectivity index (χ1v) is 15.8. The van der Waals surface area contributed by atoms with Crippen LogP contribution in [-0.2, 0) is 9.22 Å². The maximum atomic E-state index is 10.6. The molecule has 0 fully saturated rings. The van der Waals surface area contributed by atoms with Crippen molar-refractivity contribution in [3.63, 3.8) is 0 Å². The standard InChI is InChI=1S/C9H21OSi.C5H4O.In/c1-7-8-10-11(5,6)9(2,3)4;1-3-5(2)4-6;/h1,7-8H2,2-6H3;1-4H;. The molecule has 18 heavy (non-hydrogen) atoms. The van der Waals surface area contributed by atoms with Crippen LogP contribution in [0.5, 0.6) is 0 Å². The van der Waals surface area contributed by atoms with Crippen molar-refractivity contribution in [2.75, 3.05) is 6.61 Å². The molecule has 100 valence electrons. The van der Waals surface area contributed by atoms with E-state index in [9.17, 15) is 4.79 Å². The van der Waals surface area contributed by atoms with Gasteiger partial charge in [0.05, 0.1) is 0 Å². The molecule has 0 amide bonds. The van der Waals surface area contributed by atoms with Gasteiger partial charge in [0, 0.05) is 0 Å². The van der Waals surface area contributed by atoms with Gasteiger partial charge in [-0.2, -0.15) is 0 Å². The summed E-state index contributed by atoms with van der Waals surface area (Å²) in [5.74, 6) is 0. The number of carbonyl (C=O) groups excluding carboxylic acids is 1. The summed E-state index contributed by atoms with van der Waals surface area (Å²) in [4.78, 5) is 10.6. The molecule has 1 rings (SSSR count). The van der Waals surface area contributed by atoms with Gasteiger partial charge in [-0.1, -0.05) is 0 Å². The molecular weight excluding hydrogens is 343 g/mol. The zero-order valence-corrected chi connectivity index (χ0v) is 16.6. The molecule has 0 spiro atoms. The fraction of sp³-hybridized carbons (Fsp3) is 0.643. The molecule has 0 aromatic carbocycles. The third kappa shape index (κ3) is 4.70. The molecule has 2 nitrogen and oxygen atoms in total. The molecule has 0 saturated carbocycles. The van der Waals surface area contributed by atoms with E-state index >= 15 is 0 Å². The van der Waals surface area contributed by atoms with Crippen LogP contribution >= 0.6 is 0 Å². The van der Waals surface area contributed by atoms with Gasteiger partial charge in [0.1, 0.15) is 0 Å². The van der Waals surface area contributed by atoms with Crippen LogP contribution in [-0.4, -0.2) is 42.6 Å². The average molecular weight is 368 g/mol. The van der Waals surface area contributed by atoms with Crippen LogP contribution in [0, 0.1) is 0 Å². The number of allylic oxidation sites excluding steroid dienone is 2. The Labute approximate surface area is 120 Å². The van der Waals surface area contributed by atoms with Crippen molar-refractivity contribution in [1.82, 2.24) is 0 Å². The van der Waals surface area contributed by atoms with E-state index in [1.165, 1.54) is 4.18 Å². The van der Waals surface area contributed by atoms with Crippen LogP contribution < -0.4 is 0 Å². The van der Waals surface area contributed by atoms with Crippen molar-refractivity contribution >= 4 is 36.0 Å². The molecule has 0 unspecified atom stereocenters. The van der Waals surface area contributed by atoms with Gasteiger partial charge in [-0.3, -0.25) is 0 Å². The first kappa shape index (κ1) is 16.3.